The van der Waals surface area contributed by atoms with Gasteiger partial charge in [0.05, 0.1) is 22.6 Å². The molecule has 0 saturated carbocycles. The van der Waals surface area contributed by atoms with Gasteiger partial charge in [-0.15, -0.1) is 11.3 Å². The molecule has 0 unspecified atom stereocenters. The van der Waals surface area contributed by atoms with Crippen molar-refractivity contribution in [2.45, 2.75) is 6.42 Å². The molecule has 0 radical (unpaired) electrons. The first-order valence-corrected chi connectivity index (χ1v) is 6.08. The maximum absolute atomic E-state index is 11.7. The molecule has 0 aliphatic carbocycles. The van der Waals surface area contributed by atoms with E-state index in [-0.39, 0.29) is 5.91 Å². The van der Waals surface area contributed by atoms with Gasteiger partial charge < -0.3 is 11.1 Å². The molecule has 0 fully saturated rings. The Morgan fingerprint density at radius 1 is 1.41 bits per heavy atom. The Hall–Kier alpha value is -1.59. The van der Waals surface area contributed by atoms with Crippen molar-refractivity contribution < 1.29 is 4.79 Å². The van der Waals surface area contributed by atoms with Crippen LogP contribution in [0.1, 0.15) is 4.88 Å². The third-order valence-corrected chi connectivity index (χ3v) is 3.25. The van der Waals surface area contributed by atoms with Gasteiger partial charge in [0, 0.05) is 4.88 Å². The Morgan fingerprint density at radius 3 is 2.82 bits per heavy atom. The van der Waals surface area contributed by atoms with Crippen LogP contribution in [0.5, 0.6) is 0 Å². The molecule has 2 aromatic rings. The number of carbonyl (C=O) groups is 1. The minimum atomic E-state index is -0.124. The molecule has 4 nitrogen and oxygen atoms in total. The van der Waals surface area contributed by atoms with Crippen molar-refractivity contribution in [1.29, 1.82) is 0 Å². The summed E-state index contributed by atoms with van der Waals surface area (Å²) in [6.45, 7) is 0. The van der Waals surface area contributed by atoms with E-state index in [4.69, 9.17) is 17.3 Å². The number of nitrogen functional groups attached to an aromatic ring is 1. The van der Waals surface area contributed by atoms with Gasteiger partial charge in [-0.1, -0.05) is 11.6 Å². The molecule has 6 heteroatoms. The maximum atomic E-state index is 11.7. The molecule has 17 heavy (non-hydrogen) atoms. The van der Waals surface area contributed by atoms with E-state index in [0.717, 1.165) is 4.88 Å². The van der Waals surface area contributed by atoms with Crippen LogP contribution >= 0.6 is 22.9 Å². The van der Waals surface area contributed by atoms with Crippen molar-refractivity contribution in [1.82, 2.24) is 4.98 Å². The summed E-state index contributed by atoms with van der Waals surface area (Å²) in [5.41, 5.74) is 6.06. The van der Waals surface area contributed by atoms with Gasteiger partial charge in [-0.05, 0) is 24.3 Å². The van der Waals surface area contributed by atoms with Crippen LogP contribution in [0.3, 0.4) is 0 Å². The lowest BCUT2D eigenvalue weighted by Gasteiger charge is -2.03. The van der Waals surface area contributed by atoms with E-state index in [9.17, 15) is 4.79 Å². The fraction of sp³-hybridized carbons (Fsp3) is 0.0909. The summed E-state index contributed by atoms with van der Waals surface area (Å²) in [4.78, 5) is 16.6. The van der Waals surface area contributed by atoms with Gasteiger partial charge in [0.25, 0.3) is 0 Å². The number of nitrogens with two attached hydrogens (primary N) is 1. The summed E-state index contributed by atoms with van der Waals surface area (Å²) in [5.74, 6) is 0.368. The summed E-state index contributed by atoms with van der Waals surface area (Å²) < 4.78 is 0.679. The molecule has 2 aromatic heterocycles. The minimum Gasteiger partial charge on any atom is -0.397 e. The molecule has 0 saturated heterocycles. The second-order valence-electron chi connectivity index (χ2n) is 3.41. The van der Waals surface area contributed by atoms with E-state index >= 15 is 0 Å². The largest absolute Gasteiger partial charge is 0.397 e. The molecule has 2 heterocycles. The predicted molar refractivity (Wildman–Crippen MR) is 70.3 cm³/mol. The van der Waals surface area contributed by atoms with Crippen LogP contribution in [0.2, 0.25) is 4.34 Å². The van der Waals surface area contributed by atoms with Crippen LogP contribution < -0.4 is 11.1 Å². The van der Waals surface area contributed by atoms with E-state index < -0.39 is 0 Å². The second kappa shape index (κ2) is 5.16. The lowest BCUT2D eigenvalue weighted by molar-refractivity contribution is -0.115. The predicted octanol–water partition coefficient (Wildman–Crippen LogP) is 2.56. The molecule has 0 atom stereocenters. The number of rotatable bonds is 3. The van der Waals surface area contributed by atoms with Crippen molar-refractivity contribution in [3.8, 4) is 0 Å². The average molecular weight is 268 g/mol. The Labute approximate surface area is 107 Å². The van der Waals surface area contributed by atoms with Crippen LogP contribution in [-0.4, -0.2) is 10.9 Å². The molecule has 0 bridgehead atoms. The quantitative estimate of drug-likeness (QED) is 0.898. The highest BCUT2D eigenvalue weighted by Crippen LogP contribution is 2.21. The van der Waals surface area contributed by atoms with Gasteiger partial charge in [0.1, 0.15) is 5.82 Å². The van der Waals surface area contributed by atoms with Crippen molar-refractivity contribution in [2.75, 3.05) is 11.1 Å². The summed E-state index contributed by atoms with van der Waals surface area (Å²) in [6, 6.07) is 6.96. The van der Waals surface area contributed by atoms with Gasteiger partial charge in [-0.2, -0.15) is 0 Å². The van der Waals surface area contributed by atoms with Gasteiger partial charge in [0.15, 0.2) is 0 Å². The fourth-order valence-electron chi connectivity index (χ4n) is 1.27. The first-order valence-electron chi connectivity index (χ1n) is 4.89. The SMILES string of the molecule is Nc1ccc(NC(=O)Cc2ccc(Cl)s2)nc1. The van der Waals surface area contributed by atoms with E-state index in [1.54, 1.807) is 18.2 Å². The highest BCUT2D eigenvalue weighted by molar-refractivity contribution is 7.16. The number of nitrogens with zero attached hydrogens (tertiary/aromatic N) is 1. The topological polar surface area (TPSA) is 68.0 Å². The van der Waals surface area contributed by atoms with Crippen LogP contribution in [-0.2, 0) is 11.2 Å². The standard InChI is InChI=1S/C11H10ClN3OS/c12-9-3-2-8(17-9)5-11(16)15-10-4-1-7(13)6-14-10/h1-4,6H,5,13H2,(H,14,15,16). The number of pyridine rings is 1. The first-order chi connectivity index (χ1) is 8.13. The number of halogens is 1. The number of amides is 1. The molecule has 0 aliphatic rings. The summed E-state index contributed by atoms with van der Waals surface area (Å²) in [6.07, 6.45) is 1.79. The number of aromatic nitrogens is 1. The minimum absolute atomic E-state index is 0.124. The van der Waals surface area contributed by atoms with Gasteiger partial charge in [-0.3, -0.25) is 4.79 Å². The molecule has 1 amide bonds. The molecule has 0 aliphatic heterocycles. The lowest BCUT2D eigenvalue weighted by Crippen LogP contribution is -2.14. The van der Waals surface area contributed by atoms with Crippen LogP contribution in [0, 0.1) is 0 Å². The van der Waals surface area contributed by atoms with Crippen LogP contribution in [0.15, 0.2) is 30.5 Å². The number of hydrogen-bond donors (Lipinski definition) is 2. The molecular formula is C11H10ClN3OS. The molecule has 0 spiro atoms. The summed E-state index contributed by atoms with van der Waals surface area (Å²) >= 11 is 7.18. The number of nitrogens with one attached hydrogen (secondary N) is 1. The van der Waals surface area contributed by atoms with E-state index in [1.165, 1.54) is 17.5 Å². The summed E-state index contributed by atoms with van der Waals surface area (Å²) in [5, 5.41) is 2.68. The number of thiophene rings is 1. The van der Waals surface area contributed by atoms with Crippen molar-refractivity contribution >= 4 is 40.4 Å². The average Bonchev–Trinajstić information content (AvgIpc) is 2.67. The van der Waals surface area contributed by atoms with E-state index in [0.29, 0.717) is 22.3 Å². The highest BCUT2D eigenvalue weighted by Gasteiger charge is 2.06. The highest BCUT2D eigenvalue weighted by atomic mass is 35.5. The normalized spacial score (nSPS) is 10.2. The third-order valence-electron chi connectivity index (χ3n) is 2.02. The Bertz CT molecular complexity index is 524. The van der Waals surface area contributed by atoms with E-state index in [2.05, 4.69) is 10.3 Å². The zero-order valence-corrected chi connectivity index (χ0v) is 10.4. The zero-order chi connectivity index (χ0) is 12.3. The smallest absolute Gasteiger partial charge is 0.230 e. The Kier molecular flexibility index (Phi) is 3.61. The maximum Gasteiger partial charge on any atom is 0.230 e. The van der Waals surface area contributed by atoms with Gasteiger partial charge >= 0.3 is 0 Å². The van der Waals surface area contributed by atoms with Crippen LogP contribution in [0.4, 0.5) is 11.5 Å². The third kappa shape index (κ3) is 3.44. The molecular weight excluding hydrogens is 258 g/mol. The van der Waals surface area contributed by atoms with Crippen molar-refractivity contribution in [2.24, 2.45) is 0 Å². The van der Waals surface area contributed by atoms with Crippen molar-refractivity contribution in [3.05, 3.63) is 39.7 Å². The van der Waals surface area contributed by atoms with Crippen LogP contribution in [0.25, 0.3) is 0 Å². The molecule has 2 rings (SSSR count). The zero-order valence-electron chi connectivity index (χ0n) is 8.81. The Balaban J connectivity index is 1.95. The van der Waals surface area contributed by atoms with Gasteiger partial charge in [0.2, 0.25) is 5.91 Å². The molecule has 3 N–H and O–H groups in total. The molecule has 0 aromatic carbocycles. The van der Waals surface area contributed by atoms with Crippen molar-refractivity contribution in [3.63, 3.8) is 0 Å². The lowest BCUT2D eigenvalue weighted by atomic mass is 10.3. The number of carbonyl (C=O) groups excluding carboxylic acids is 1. The number of hydrogen-bond acceptors (Lipinski definition) is 4. The fourth-order valence-corrected chi connectivity index (χ4v) is 2.36. The first kappa shape index (κ1) is 11.9. The molecule has 88 valence electrons. The number of anilines is 2. The Morgan fingerprint density at radius 2 is 2.24 bits per heavy atom. The second-order valence-corrected chi connectivity index (χ2v) is 5.21. The van der Waals surface area contributed by atoms with Gasteiger partial charge in [-0.25, -0.2) is 4.98 Å². The summed E-state index contributed by atoms with van der Waals surface area (Å²) in [7, 11) is 0. The monoisotopic (exact) mass is 267 g/mol. The van der Waals surface area contributed by atoms with E-state index in [1.807, 2.05) is 6.07 Å².